The van der Waals surface area contributed by atoms with Gasteiger partial charge in [-0.25, -0.2) is 8.78 Å². The molecular weight excluding hydrogens is 1010 g/mol. The number of ketones is 1. The van der Waals surface area contributed by atoms with Gasteiger partial charge >= 0.3 is 0 Å². The number of aliphatic hydroxyl groups excluding tert-OH is 1. The zero-order chi connectivity index (χ0) is 50.9. The molecule has 2 aliphatic carbocycles. The van der Waals surface area contributed by atoms with E-state index in [0.29, 0.717) is 19.3 Å². The number of aromatic nitrogens is 2. The van der Waals surface area contributed by atoms with Crippen molar-refractivity contribution in [2.45, 2.75) is 151 Å². The van der Waals surface area contributed by atoms with E-state index < -0.39 is 18.3 Å². The van der Waals surface area contributed by atoms with E-state index in [4.69, 9.17) is 5.48 Å². The van der Waals surface area contributed by atoms with Crippen molar-refractivity contribution in [3.8, 4) is 22.5 Å². The van der Waals surface area contributed by atoms with Crippen molar-refractivity contribution in [3.63, 3.8) is 0 Å². The smallest absolute Gasteiger partial charge is 0.246 e. The number of benzene rings is 4. The number of carbonyl (C=O) groups excluding carboxylic acids is 1. The van der Waals surface area contributed by atoms with E-state index >= 15 is 0 Å². The van der Waals surface area contributed by atoms with Gasteiger partial charge in [0.15, 0.2) is 5.78 Å². The van der Waals surface area contributed by atoms with Crippen LogP contribution < -0.4 is 0 Å². The van der Waals surface area contributed by atoms with Gasteiger partial charge in [0.25, 0.3) is 0 Å². The molecule has 4 nitrogen and oxygen atoms in total. The number of pyridine rings is 2. The molecule has 1 atom stereocenters. The Morgan fingerprint density at radius 3 is 1.51 bits per heavy atom. The summed E-state index contributed by atoms with van der Waals surface area (Å²) in [5, 5.41) is 13.4. The summed E-state index contributed by atoms with van der Waals surface area (Å²) in [6.07, 6.45) is 15.4. The fraction of sp³-hybridized carbons (Fsp3) is 0.450. The summed E-state index contributed by atoms with van der Waals surface area (Å²) in [4.78, 5) is 20.6. The van der Waals surface area contributed by atoms with E-state index in [0.717, 1.165) is 104 Å². The van der Waals surface area contributed by atoms with Crippen LogP contribution in [0.4, 0.5) is 8.78 Å². The minimum atomic E-state index is -2.83. The minimum Gasteiger partial charge on any atom is -0.512 e. The second kappa shape index (κ2) is 25.1. The average molecular weight is 1090 g/mol. The molecule has 0 aliphatic heterocycles. The van der Waals surface area contributed by atoms with Crippen molar-refractivity contribution in [1.82, 2.24) is 9.97 Å². The number of halogens is 2. The molecule has 0 bridgehead atoms. The van der Waals surface area contributed by atoms with Crippen LogP contribution in [0.25, 0.3) is 44.1 Å². The first-order valence-electron chi connectivity index (χ1n) is 26.4. The fourth-order valence-electron chi connectivity index (χ4n) is 9.98. The number of aryl methyl sites for hydroxylation is 4. The Labute approximate surface area is 419 Å². The predicted octanol–water partition coefficient (Wildman–Crippen LogP) is 16.6. The number of hydrogen-bond donors (Lipinski definition) is 1. The van der Waals surface area contributed by atoms with E-state index in [1.807, 2.05) is 27.7 Å². The maximum atomic E-state index is 12.9. The molecule has 359 valence electrons. The van der Waals surface area contributed by atoms with Crippen LogP contribution in [-0.2, 0) is 37.7 Å². The molecule has 1 unspecified atom stereocenters. The van der Waals surface area contributed by atoms with Crippen LogP contribution in [-0.4, -0.2) is 26.8 Å². The topological polar surface area (TPSA) is 63.1 Å². The zero-order valence-electron chi connectivity index (χ0n) is 44.9. The fourth-order valence-corrected chi connectivity index (χ4v) is 9.98. The number of nitrogens with zero attached hydrogens (tertiary/aromatic N) is 2. The summed E-state index contributed by atoms with van der Waals surface area (Å²) in [7, 11) is 0. The van der Waals surface area contributed by atoms with Crippen molar-refractivity contribution < 1.29 is 44.3 Å². The van der Waals surface area contributed by atoms with Crippen LogP contribution in [0.1, 0.15) is 144 Å². The van der Waals surface area contributed by atoms with Gasteiger partial charge in [0.1, 0.15) is 0 Å². The number of aliphatic hydroxyl groups is 1. The molecule has 0 saturated heterocycles. The van der Waals surface area contributed by atoms with Crippen molar-refractivity contribution in [2.75, 3.05) is 0 Å². The first kappa shape index (κ1) is 47.5. The molecule has 0 spiro atoms. The largest absolute Gasteiger partial charge is 0.512 e. The van der Waals surface area contributed by atoms with E-state index in [-0.39, 0.29) is 62.0 Å². The Hall–Kier alpha value is -4.58. The number of rotatable bonds is 14. The Bertz CT molecular complexity index is 2610. The van der Waals surface area contributed by atoms with Crippen molar-refractivity contribution in [2.24, 2.45) is 23.7 Å². The monoisotopic (exact) mass is 1090 g/mol. The Morgan fingerprint density at radius 1 is 0.716 bits per heavy atom. The summed E-state index contributed by atoms with van der Waals surface area (Å²) in [6, 6.07) is 28.2. The van der Waals surface area contributed by atoms with Crippen molar-refractivity contribution in [3.05, 3.63) is 142 Å². The molecule has 4 aromatic carbocycles. The third-order valence-corrected chi connectivity index (χ3v) is 13.4. The third-order valence-electron chi connectivity index (χ3n) is 13.4. The quantitative estimate of drug-likeness (QED) is 0.0671. The summed E-state index contributed by atoms with van der Waals surface area (Å²) in [6.45, 7) is 14.5. The first-order chi connectivity index (χ1) is 33.3. The van der Waals surface area contributed by atoms with Crippen molar-refractivity contribution >= 4 is 27.3 Å². The molecular formula is C60H72F2IrN2O2-2. The van der Waals surface area contributed by atoms with Gasteiger partial charge in [-0.2, -0.15) is 0 Å². The normalized spacial score (nSPS) is 15.8. The van der Waals surface area contributed by atoms with E-state index in [9.17, 15) is 18.7 Å². The molecule has 2 saturated carbocycles. The van der Waals surface area contributed by atoms with Gasteiger partial charge in [0.2, 0.25) is 5.92 Å². The molecule has 2 fully saturated rings. The third kappa shape index (κ3) is 15.5. The van der Waals surface area contributed by atoms with Crippen molar-refractivity contribution in [1.29, 1.82) is 0 Å². The molecule has 6 aromatic rings. The van der Waals surface area contributed by atoms with Crippen LogP contribution in [0.2, 0.25) is 0 Å². The number of fused-ring (bicyclic) bond motifs is 2. The van der Waals surface area contributed by atoms with Gasteiger partial charge in [-0.3, -0.25) is 4.79 Å². The number of carbonyl (C=O) groups is 1. The van der Waals surface area contributed by atoms with E-state index in [1.54, 1.807) is 6.92 Å². The second-order valence-corrected chi connectivity index (χ2v) is 19.2. The summed E-state index contributed by atoms with van der Waals surface area (Å²) in [5.41, 5.74) is 10.3. The van der Waals surface area contributed by atoms with Gasteiger partial charge in [0.05, 0.1) is 11.2 Å². The summed E-state index contributed by atoms with van der Waals surface area (Å²) >= 11 is 0. The number of alkyl halides is 2. The van der Waals surface area contributed by atoms with Crippen LogP contribution in [0.5, 0.6) is 0 Å². The molecule has 2 heterocycles. The molecule has 1 radical (unpaired) electrons. The Balaban J connectivity index is 0.000000201. The molecule has 2 aliphatic rings. The van der Waals surface area contributed by atoms with Crippen LogP contribution in [0, 0.1) is 63.5 Å². The molecule has 67 heavy (non-hydrogen) atoms. The predicted molar refractivity (Wildman–Crippen MR) is 271 cm³/mol. The standard InChI is InChI=1S/2C23H24N.C14H24F2O2.Ir/c2*1-16-11-17(2)13-21(12-16)23-22-8-7-19(14-18-5-3-4-6-18)15-20(22)9-10-24-23;1-5-10(6-2)12(17)8-13(18)11(7-3)9-14(4,15)16;/h2*7-12,15,18H,3-6,14H2,1-2H3;8,10-11,18H,5-7,9H2,1-4H3;/q2*-1;;/b;;13-8-;/i2*9D,10D;;. The van der Waals surface area contributed by atoms with Gasteiger partial charge in [0, 0.05) is 56.8 Å². The van der Waals surface area contributed by atoms with Crippen LogP contribution >= 0.6 is 0 Å². The summed E-state index contributed by atoms with van der Waals surface area (Å²) < 4.78 is 58.9. The molecule has 7 heteroatoms. The minimum absolute atomic E-state index is 0. The van der Waals surface area contributed by atoms with Gasteiger partial charge in [-0.05, 0) is 107 Å². The molecule has 8 rings (SSSR count). The van der Waals surface area contributed by atoms with Gasteiger partial charge in [-0.15, -0.1) is 69.8 Å². The maximum Gasteiger partial charge on any atom is 0.246 e. The number of hydrogen-bond acceptors (Lipinski definition) is 4. The Kier molecular flexibility index (Phi) is 17.8. The molecule has 1 N–H and O–H groups in total. The summed E-state index contributed by atoms with van der Waals surface area (Å²) in [5.74, 6) is -2.46. The second-order valence-electron chi connectivity index (χ2n) is 19.2. The zero-order valence-corrected chi connectivity index (χ0v) is 43.3. The molecule has 2 aromatic heterocycles. The van der Waals surface area contributed by atoms with E-state index in [1.165, 1.54) is 62.5 Å². The average Bonchev–Trinajstić information content (AvgIpc) is 4.03. The van der Waals surface area contributed by atoms with Gasteiger partial charge < -0.3 is 15.1 Å². The van der Waals surface area contributed by atoms with Crippen LogP contribution in [0.3, 0.4) is 0 Å². The maximum absolute atomic E-state index is 12.9. The van der Waals surface area contributed by atoms with Gasteiger partial charge in [-0.1, -0.05) is 136 Å². The Morgan fingerprint density at radius 2 is 1.13 bits per heavy atom. The van der Waals surface area contributed by atoms with Crippen LogP contribution in [0.15, 0.2) is 96.9 Å². The number of allylic oxidation sites excluding steroid dienone is 2. The van der Waals surface area contributed by atoms with E-state index in [2.05, 4.69) is 96.6 Å². The first-order valence-corrected chi connectivity index (χ1v) is 24.4. The SMILES string of the molecule is CCC(CC)C(=O)/C=C(\O)C(CC)CC(C)(F)F.[2H]c1nc(-c2[c-]c(C)cc(C)c2)c2ccc(CC3CCCC3)cc2c1[2H].[2H]c1nc(-c2[c-]c(C)cc(C)c2)c2ccc(CC3CCCC3)cc2c1[2H].[Ir]. The molecule has 0 amide bonds.